The summed E-state index contributed by atoms with van der Waals surface area (Å²) in [6.45, 7) is 1.00. The molecule has 27 heavy (non-hydrogen) atoms. The van der Waals surface area contributed by atoms with E-state index in [-0.39, 0.29) is 5.02 Å². The van der Waals surface area contributed by atoms with Crippen LogP contribution in [-0.4, -0.2) is 29.3 Å². The molecule has 6 nitrogen and oxygen atoms in total. The number of urea groups is 1. The lowest BCUT2D eigenvalue weighted by Gasteiger charge is -2.23. The van der Waals surface area contributed by atoms with Gasteiger partial charge in [0.25, 0.3) is 5.91 Å². The van der Waals surface area contributed by atoms with E-state index in [1.54, 1.807) is 12.1 Å². The first-order chi connectivity index (χ1) is 12.7. The van der Waals surface area contributed by atoms with E-state index in [0.717, 1.165) is 4.90 Å². The molecule has 1 aliphatic rings. The Morgan fingerprint density at radius 3 is 2.48 bits per heavy atom. The first kappa shape index (κ1) is 19.1. The van der Waals surface area contributed by atoms with Crippen LogP contribution in [0.1, 0.15) is 12.5 Å². The van der Waals surface area contributed by atoms with Crippen molar-refractivity contribution in [3.8, 4) is 0 Å². The van der Waals surface area contributed by atoms with E-state index in [9.17, 15) is 18.8 Å². The Morgan fingerprint density at radius 2 is 1.85 bits per heavy atom. The molecule has 0 aromatic heterocycles. The highest BCUT2D eigenvalue weighted by atomic mass is 35.5. The van der Waals surface area contributed by atoms with E-state index in [1.165, 1.54) is 37.3 Å². The summed E-state index contributed by atoms with van der Waals surface area (Å²) in [4.78, 5) is 38.1. The second-order valence-electron chi connectivity index (χ2n) is 6.13. The van der Waals surface area contributed by atoms with Gasteiger partial charge >= 0.3 is 6.03 Å². The zero-order valence-electron chi connectivity index (χ0n) is 14.1. The smallest absolute Gasteiger partial charge is 0.325 e. The van der Waals surface area contributed by atoms with Crippen molar-refractivity contribution in [2.24, 2.45) is 0 Å². The van der Waals surface area contributed by atoms with Gasteiger partial charge in [0.05, 0.1) is 0 Å². The van der Waals surface area contributed by atoms with Gasteiger partial charge in [0.15, 0.2) is 0 Å². The van der Waals surface area contributed by atoms with Crippen molar-refractivity contribution in [3.05, 3.63) is 63.9 Å². The second kappa shape index (κ2) is 7.17. The number of hydrogen-bond acceptors (Lipinski definition) is 3. The lowest BCUT2D eigenvalue weighted by atomic mass is 9.92. The number of carbonyl (C=O) groups excluding carboxylic acids is 3. The summed E-state index contributed by atoms with van der Waals surface area (Å²) in [6.07, 6.45) is 0. The van der Waals surface area contributed by atoms with Gasteiger partial charge in [-0.15, -0.1) is 0 Å². The lowest BCUT2D eigenvalue weighted by Crippen LogP contribution is -2.42. The Morgan fingerprint density at radius 1 is 1.19 bits per heavy atom. The van der Waals surface area contributed by atoms with E-state index in [0.29, 0.717) is 16.3 Å². The summed E-state index contributed by atoms with van der Waals surface area (Å²) in [5.41, 5.74) is -0.708. The molecule has 140 valence electrons. The minimum atomic E-state index is -1.42. The molecular formula is C18H14Cl2FN3O3. The summed E-state index contributed by atoms with van der Waals surface area (Å²) < 4.78 is 12.9. The van der Waals surface area contributed by atoms with Crippen LogP contribution in [0.25, 0.3) is 0 Å². The summed E-state index contributed by atoms with van der Waals surface area (Å²) >= 11 is 12.0. The first-order valence-electron chi connectivity index (χ1n) is 7.86. The van der Waals surface area contributed by atoms with Crippen molar-refractivity contribution < 1.29 is 18.8 Å². The molecule has 9 heteroatoms. The molecule has 0 radical (unpaired) electrons. The second-order valence-corrected chi connectivity index (χ2v) is 6.97. The molecule has 3 rings (SSSR count). The third kappa shape index (κ3) is 3.74. The van der Waals surface area contributed by atoms with Gasteiger partial charge in [0.2, 0.25) is 5.91 Å². The van der Waals surface area contributed by atoms with Crippen molar-refractivity contribution in [2.45, 2.75) is 12.5 Å². The monoisotopic (exact) mass is 409 g/mol. The van der Waals surface area contributed by atoms with Gasteiger partial charge in [-0.05, 0) is 43.3 Å². The number of nitrogens with one attached hydrogen (secondary N) is 2. The normalized spacial score (nSPS) is 19.2. The summed E-state index contributed by atoms with van der Waals surface area (Å²) in [7, 11) is 0. The van der Waals surface area contributed by atoms with Crippen LogP contribution in [0.5, 0.6) is 0 Å². The van der Waals surface area contributed by atoms with Crippen LogP contribution in [0, 0.1) is 5.82 Å². The third-order valence-corrected chi connectivity index (χ3v) is 4.72. The predicted octanol–water partition coefficient (Wildman–Crippen LogP) is 3.54. The summed E-state index contributed by atoms with van der Waals surface area (Å²) in [5.74, 6) is -1.67. The molecule has 1 heterocycles. The van der Waals surface area contributed by atoms with Gasteiger partial charge in [-0.25, -0.2) is 9.18 Å². The molecule has 2 aromatic carbocycles. The maximum absolute atomic E-state index is 12.9. The first-order valence-corrected chi connectivity index (χ1v) is 8.61. The fourth-order valence-electron chi connectivity index (χ4n) is 2.80. The summed E-state index contributed by atoms with van der Waals surface area (Å²) in [6, 6.07) is 8.96. The molecule has 1 aliphatic heterocycles. The average Bonchev–Trinajstić information content (AvgIpc) is 2.81. The molecule has 0 bridgehead atoms. The number of benzene rings is 2. The van der Waals surface area contributed by atoms with Gasteiger partial charge in [0.1, 0.15) is 17.9 Å². The minimum Gasteiger partial charge on any atom is -0.325 e. The van der Waals surface area contributed by atoms with Crippen molar-refractivity contribution in [1.82, 2.24) is 10.2 Å². The average molecular weight is 410 g/mol. The highest BCUT2D eigenvalue weighted by Gasteiger charge is 2.50. The summed E-state index contributed by atoms with van der Waals surface area (Å²) in [5, 5.41) is 5.67. The van der Waals surface area contributed by atoms with Crippen LogP contribution in [0.4, 0.5) is 14.9 Å². The number of amides is 4. The van der Waals surface area contributed by atoms with Gasteiger partial charge in [0, 0.05) is 21.3 Å². The Labute approximate surface area is 164 Å². The van der Waals surface area contributed by atoms with E-state index in [2.05, 4.69) is 10.6 Å². The van der Waals surface area contributed by atoms with Crippen LogP contribution in [0.3, 0.4) is 0 Å². The Bertz CT molecular complexity index is 936. The number of nitrogens with zero attached hydrogens (tertiary/aromatic N) is 1. The van der Waals surface area contributed by atoms with Gasteiger partial charge < -0.3 is 10.6 Å². The molecule has 2 aromatic rings. The zero-order chi connectivity index (χ0) is 19.8. The van der Waals surface area contributed by atoms with Crippen LogP contribution in [0.2, 0.25) is 10.0 Å². The van der Waals surface area contributed by atoms with Crippen LogP contribution >= 0.6 is 23.2 Å². The maximum Gasteiger partial charge on any atom is 0.325 e. The molecule has 1 fully saturated rings. The van der Waals surface area contributed by atoms with Gasteiger partial charge in [-0.2, -0.15) is 0 Å². The Balaban J connectivity index is 1.77. The molecule has 1 unspecified atom stereocenters. The van der Waals surface area contributed by atoms with Gasteiger partial charge in [-0.1, -0.05) is 29.3 Å². The van der Waals surface area contributed by atoms with Crippen molar-refractivity contribution in [2.75, 3.05) is 11.9 Å². The van der Waals surface area contributed by atoms with Gasteiger partial charge in [-0.3, -0.25) is 14.5 Å². The van der Waals surface area contributed by atoms with E-state index in [1.807, 2.05) is 0 Å². The third-order valence-electron chi connectivity index (χ3n) is 4.17. The maximum atomic E-state index is 12.9. The Hall–Kier alpha value is -2.64. The molecule has 0 spiro atoms. The van der Waals surface area contributed by atoms with Crippen molar-refractivity contribution >= 4 is 46.7 Å². The molecule has 2 N–H and O–H groups in total. The number of anilines is 1. The van der Waals surface area contributed by atoms with Crippen LogP contribution in [-0.2, 0) is 15.1 Å². The fraction of sp³-hybridized carbons (Fsp3) is 0.167. The van der Waals surface area contributed by atoms with E-state index < -0.39 is 35.7 Å². The minimum absolute atomic E-state index is 0.219. The lowest BCUT2D eigenvalue weighted by molar-refractivity contribution is -0.133. The molecule has 1 atom stereocenters. The largest absolute Gasteiger partial charge is 0.325 e. The number of imide groups is 1. The molecule has 4 amide bonds. The topological polar surface area (TPSA) is 78.5 Å². The number of hydrogen-bond donors (Lipinski definition) is 2. The Kier molecular flexibility index (Phi) is 5.08. The highest BCUT2D eigenvalue weighted by Crippen LogP contribution is 2.34. The fourth-order valence-corrected chi connectivity index (χ4v) is 3.39. The SMILES string of the molecule is CC1(c2ccc(Cl)cc2Cl)NC(=O)N(CC(=O)Nc2ccc(F)cc2)C1=O. The van der Waals surface area contributed by atoms with E-state index in [4.69, 9.17) is 23.2 Å². The van der Waals surface area contributed by atoms with Crippen LogP contribution in [0.15, 0.2) is 42.5 Å². The van der Waals surface area contributed by atoms with Crippen molar-refractivity contribution in [3.63, 3.8) is 0 Å². The zero-order valence-corrected chi connectivity index (χ0v) is 15.6. The number of carbonyl (C=O) groups is 3. The standard InChI is InChI=1S/C18H14Cl2FN3O3/c1-18(13-7-2-10(19)8-14(13)20)16(26)24(17(27)23-18)9-15(25)22-12-5-3-11(21)4-6-12/h2-8H,9H2,1H3,(H,22,25)(H,23,27). The highest BCUT2D eigenvalue weighted by molar-refractivity contribution is 6.35. The molecule has 1 saturated heterocycles. The van der Waals surface area contributed by atoms with E-state index >= 15 is 0 Å². The quantitative estimate of drug-likeness (QED) is 0.757. The molecule has 0 aliphatic carbocycles. The number of rotatable bonds is 4. The van der Waals surface area contributed by atoms with Crippen LogP contribution < -0.4 is 10.6 Å². The molecular weight excluding hydrogens is 396 g/mol. The molecule has 0 saturated carbocycles. The van der Waals surface area contributed by atoms with Crippen molar-refractivity contribution in [1.29, 1.82) is 0 Å². The number of halogens is 3. The predicted molar refractivity (Wildman–Crippen MR) is 99.1 cm³/mol.